The Morgan fingerprint density at radius 1 is 1.07 bits per heavy atom. The molecule has 1 unspecified atom stereocenters. The molecule has 1 fully saturated rings. The van der Waals surface area contributed by atoms with Crippen LogP contribution in [0.4, 0.5) is 10.1 Å². The summed E-state index contributed by atoms with van der Waals surface area (Å²) in [6, 6.07) is 13.0. The number of rotatable bonds is 6. The lowest BCUT2D eigenvalue weighted by atomic mass is 10.1. The third-order valence-electron chi connectivity index (χ3n) is 5.17. The van der Waals surface area contributed by atoms with Crippen LogP contribution in [0.1, 0.15) is 12.5 Å². The molecular weight excluding hydrogens is 373 g/mol. The van der Waals surface area contributed by atoms with E-state index in [1.54, 1.807) is 4.90 Å². The smallest absolute Gasteiger partial charge is 0.260 e. The summed E-state index contributed by atoms with van der Waals surface area (Å²) in [4.78, 5) is 28.7. The number of nitrogens with one attached hydrogen (secondary N) is 1. The molecule has 0 radical (unpaired) electrons. The number of anilines is 1. The molecule has 0 aliphatic carbocycles. The Bertz CT molecular complexity index is 849. The standard InChI is InChI=1S/C22H26FN3O3/c1-16-5-3-4-6-20(16)24-22(28)17(2)25-11-13-26(14-12-25)21(27)15-29-19-9-7-18(23)8-10-19/h3-10,17H,11-15H2,1-2H3,(H,24,28). The second kappa shape index (κ2) is 9.52. The Morgan fingerprint density at radius 3 is 2.38 bits per heavy atom. The summed E-state index contributed by atoms with van der Waals surface area (Å²) < 4.78 is 18.3. The fourth-order valence-corrected chi connectivity index (χ4v) is 3.24. The molecule has 6 nitrogen and oxygen atoms in total. The molecule has 1 heterocycles. The summed E-state index contributed by atoms with van der Waals surface area (Å²) in [6.07, 6.45) is 0. The van der Waals surface area contributed by atoms with Crippen LogP contribution in [0.3, 0.4) is 0 Å². The number of carbonyl (C=O) groups excluding carboxylic acids is 2. The van der Waals surface area contributed by atoms with E-state index in [1.807, 2.05) is 38.1 Å². The van der Waals surface area contributed by atoms with Gasteiger partial charge in [-0.15, -0.1) is 0 Å². The number of hydrogen-bond donors (Lipinski definition) is 1. The average Bonchev–Trinajstić information content (AvgIpc) is 2.74. The van der Waals surface area contributed by atoms with Gasteiger partial charge in [-0.2, -0.15) is 0 Å². The van der Waals surface area contributed by atoms with Gasteiger partial charge in [0.1, 0.15) is 11.6 Å². The number of amides is 2. The van der Waals surface area contributed by atoms with Crippen LogP contribution in [-0.4, -0.2) is 60.4 Å². The van der Waals surface area contributed by atoms with Crippen LogP contribution in [0.15, 0.2) is 48.5 Å². The summed E-state index contributed by atoms with van der Waals surface area (Å²) in [5.74, 6) is -0.0648. The summed E-state index contributed by atoms with van der Waals surface area (Å²) in [5.41, 5.74) is 1.83. The Balaban J connectivity index is 1.45. The van der Waals surface area contributed by atoms with Gasteiger partial charge in [-0.1, -0.05) is 18.2 Å². The number of aryl methyl sites for hydroxylation is 1. The zero-order valence-electron chi connectivity index (χ0n) is 16.7. The molecule has 1 aliphatic heterocycles. The summed E-state index contributed by atoms with van der Waals surface area (Å²) in [7, 11) is 0. The van der Waals surface area contributed by atoms with E-state index < -0.39 is 0 Å². The lowest BCUT2D eigenvalue weighted by molar-refractivity contribution is -0.135. The molecule has 2 aromatic rings. The number of piperazine rings is 1. The lowest BCUT2D eigenvalue weighted by Crippen LogP contribution is -2.54. The van der Waals surface area contributed by atoms with E-state index in [9.17, 15) is 14.0 Å². The molecule has 1 N–H and O–H groups in total. The normalized spacial score (nSPS) is 15.6. The van der Waals surface area contributed by atoms with E-state index in [1.165, 1.54) is 24.3 Å². The Labute approximate surface area is 170 Å². The fraction of sp³-hybridized carbons (Fsp3) is 0.364. The van der Waals surface area contributed by atoms with Gasteiger partial charge in [0.25, 0.3) is 5.91 Å². The number of para-hydroxylation sites is 1. The highest BCUT2D eigenvalue weighted by Gasteiger charge is 2.27. The predicted molar refractivity (Wildman–Crippen MR) is 109 cm³/mol. The molecule has 2 amide bonds. The minimum Gasteiger partial charge on any atom is -0.484 e. The van der Waals surface area contributed by atoms with Gasteiger partial charge in [0, 0.05) is 31.9 Å². The summed E-state index contributed by atoms with van der Waals surface area (Å²) in [5, 5.41) is 2.98. The van der Waals surface area contributed by atoms with Crippen molar-refractivity contribution >= 4 is 17.5 Å². The Morgan fingerprint density at radius 2 is 1.72 bits per heavy atom. The van der Waals surface area contributed by atoms with Crippen molar-refractivity contribution in [2.45, 2.75) is 19.9 Å². The van der Waals surface area contributed by atoms with Gasteiger partial charge in [0.15, 0.2) is 6.61 Å². The van der Waals surface area contributed by atoms with E-state index in [2.05, 4.69) is 10.2 Å². The third kappa shape index (κ3) is 5.54. The maximum absolute atomic E-state index is 12.9. The lowest BCUT2D eigenvalue weighted by Gasteiger charge is -2.37. The Kier molecular flexibility index (Phi) is 6.82. The number of benzene rings is 2. The van der Waals surface area contributed by atoms with E-state index in [-0.39, 0.29) is 30.3 Å². The van der Waals surface area contributed by atoms with Crippen molar-refractivity contribution in [3.05, 3.63) is 59.9 Å². The third-order valence-corrected chi connectivity index (χ3v) is 5.17. The van der Waals surface area contributed by atoms with Crippen LogP contribution >= 0.6 is 0 Å². The first kappa shape index (κ1) is 20.8. The predicted octanol–water partition coefficient (Wildman–Crippen LogP) is 2.68. The average molecular weight is 399 g/mol. The first-order chi connectivity index (χ1) is 13.9. The van der Waals surface area contributed by atoms with Crippen LogP contribution in [0.25, 0.3) is 0 Å². The molecular formula is C22H26FN3O3. The van der Waals surface area contributed by atoms with Gasteiger partial charge in [-0.05, 0) is 49.7 Å². The molecule has 0 bridgehead atoms. The van der Waals surface area contributed by atoms with Crippen LogP contribution in [0.2, 0.25) is 0 Å². The van der Waals surface area contributed by atoms with Crippen molar-refractivity contribution in [2.24, 2.45) is 0 Å². The van der Waals surface area contributed by atoms with E-state index in [0.29, 0.717) is 31.9 Å². The number of carbonyl (C=O) groups is 2. The van der Waals surface area contributed by atoms with Crippen molar-refractivity contribution in [1.82, 2.24) is 9.80 Å². The quantitative estimate of drug-likeness (QED) is 0.811. The largest absolute Gasteiger partial charge is 0.484 e. The van der Waals surface area contributed by atoms with Crippen LogP contribution in [-0.2, 0) is 9.59 Å². The molecule has 1 saturated heterocycles. The highest BCUT2D eigenvalue weighted by molar-refractivity contribution is 5.95. The summed E-state index contributed by atoms with van der Waals surface area (Å²) in [6.45, 7) is 6.05. The van der Waals surface area contributed by atoms with Crippen molar-refractivity contribution in [2.75, 3.05) is 38.1 Å². The highest BCUT2D eigenvalue weighted by atomic mass is 19.1. The van der Waals surface area contributed by atoms with E-state index >= 15 is 0 Å². The van der Waals surface area contributed by atoms with E-state index in [0.717, 1.165) is 11.3 Å². The maximum atomic E-state index is 12.9. The van der Waals surface area contributed by atoms with Gasteiger partial charge in [0.2, 0.25) is 5.91 Å². The SMILES string of the molecule is Cc1ccccc1NC(=O)C(C)N1CCN(C(=O)COc2ccc(F)cc2)CC1. The molecule has 0 spiro atoms. The minimum absolute atomic E-state index is 0.0567. The molecule has 154 valence electrons. The van der Waals surface area contributed by atoms with Gasteiger partial charge < -0.3 is 15.0 Å². The van der Waals surface area contributed by atoms with Gasteiger partial charge in [-0.25, -0.2) is 4.39 Å². The number of ether oxygens (including phenoxy) is 1. The zero-order chi connectivity index (χ0) is 20.8. The van der Waals surface area contributed by atoms with Crippen LogP contribution in [0.5, 0.6) is 5.75 Å². The second-order valence-corrected chi connectivity index (χ2v) is 7.14. The molecule has 0 aromatic heterocycles. The van der Waals surface area contributed by atoms with Gasteiger partial charge >= 0.3 is 0 Å². The second-order valence-electron chi connectivity index (χ2n) is 7.14. The van der Waals surface area contributed by atoms with Crippen molar-refractivity contribution in [3.8, 4) is 5.75 Å². The minimum atomic E-state index is -0.347. The maximum Gasteiger partial charge on any atom is 0.260 e. The number of nitrogens with zero attached hydrogens (tertiary/aromatic N) is 2. The van der Waals surface area contributed by atoms with E-state index in [4.69, 9.17) is 4.74 Å². The van der Waals surface area contributed by atoms with Crippen molar-refractivity contribution in [3.63, 3.8) is 0 Å². The summed E-state index contributed by atoms with van der Waals surface area (Å²) >= 11 is 0. The molecule has 29 heavy (non-hydrogen) atoms. The molecule has 7 heteroatoms. The Hall–Kier alpha value is -2.93. The molecule has 1 atom stereocenters. The molecule has 2 aromatic carbocycles. The van der Waals surface area contributed by atoms with Crippen LogP contribution in [0, 0.1) is 12.7 Å². The molecule has 3 rings (SSSR count). The zero-order valence-corrected chi connectivity index (χ0v) is 16.7. The first-order valence-electron chi connectivity index (χ1n) is 9.71. The number of hydrogen-bond acceptors (Lipinski definition) is 4. The van der Waals surface area contributed by atoms with Crippen molar-refractivity contribution < 1.29 is 18.7 Å². The molecule has 0 saturated carbocycles. The topological polar surface area (TPSA) is 61.9 Å². The fourth-order valence-electron chi connectivity index (χ4n) is 3.24. The number of halogens is 1. The highest BCUT2D eigenvalue weighted by Crippen LogP contribution is 2.16. The van der Waals surface area contributed by atoms with Crippen LogP contribution < -0.4 is 10.1 Å². The van der Waals surface area contributed by atoms with Crippen molar-refractivity contribution in [1.29, 1.82) is 0 Å². The van der Waals surface area contributed by atoms with Gasteiger partial charge in [0.05, 0.1) is 6.04 Å². The monoisotopic (exact) mass is 399 g/mol. The molecule has 1 aliphatic rings. The van der Waals surface area contributed by atoms with Gasteiger partial charge in [-0.3, -0.25) is 14.5 Å². The first-order valence-corrected chi connectivity index (χ1v) is 9.71.